The van der Waals surface area contributed by atoms with Gasteiger partial charge in [-0.1, -0.05) is 6.08 Å². The summed E-state index contributed by atoms with van der Waals surface area (Å²) < 4.78 is 11.2. The standard InChI is InChI=1S/C13H20O3/c1-2-10-6-7-12(14)11(10)9-16-13-5-3-4-8-15-13/h2,10-11,13H,1,3-9H2/t10-,11+,13?/m1/s1. The van der Waals surface area contributed by atoms with E-state index >= 15 is 0 Å². The maximum atomic E-state index is 11.6. The number of Topliss-reactive ketones (excluding diaryl/α,β-unsaturated/α-hetero) is 1. The lowest BCUT2D eigenvalue weighted by Gasteiger charge is -2.25. The van der Waals surface area contributed by atoms with Crippen molar-refractivity contribution < 1.29 is 14.3 Å². The second kappa shape index (κ2) is 5.60. The number of rotatable bonds is 4. The van der Waals surface area contributed by atoms with Crippen molar-refractivity contribution in [3.05, 3.63) is 12.7 Å². The molecule has 16 heavy (non-hydrogen) atoms. The second-order valence-electron chi connectivity index (χ2n) is 4.64. The van der Waals surface area contributed by atoms with Gasteiger partial charge in [0.25, 0.3) is 0 Å². The highest BCUT2D eigenvalue weighted by Gasteiger charge is 2.33. The quantitative estimate of drug-likeness (QED) is 0.687. The number of ketones is 1. The fourth-order valence-electron chi connectivity index (χ4n) is 2.49. The van der Waals surface area contributed by atoms with Crippen molar-refractivity contribution >= 4 is 5.78 Å². The van der Waals surface area contributed by atoms with Crippen molar-refractivity contribution in [1.82, 2.24) is 0 Å². The molecule has 1 unspecified atom stereocenters. The van der Waals surface area contributed by atoms with E-state index in [9.17, 15) is 4.79 Å². The molecule has 0 aromatic rings. The minimum Gasteiger partial charge on any atom is -0.353 e. The Balaban J connectivity index is 1.79. The SMILES string of the molecule is C=C[C@@H]1CCC(=O)[C@H]1COC1CCCCO1. The van der Waals surface area contributed by atoms with Gasteiger partial charge >= 0.3 is 0 Å². The van der Waals surface area contributed by atoms with Crippen molar-refractivity contribution in [2.24, 2.45) is 11.8 Å². The second-order valence-corrected chi connectivity index (χ2v) is 4.64. The van der Waals surface area contributed by atoms with Crippen LogP contribution in [0.3, 0.4) is 0 Å². The fourth-order valence-corrected chi connectivity index (χ4v) is 2.49. The molecule has 90 valence electrons. The Morgan fingerprint density at radius 3 is 3.00 bits per heavy atom. The predicted octanol–water partition coefficient (Wildman–Crippen LogP) is 2.31. The first-order valence-electron chi connectivity index (χ1n) is 6.19. The molecule has 1 aliphatic heterocycles. The molecule has 0 amide bonds. The largest absolute Gasteiger partial charge is 0.353 e. The highest BCUT2D eigenvalue weighted by Crippen LogP contribution is 2.30. The molecule has 0 aromatic carbocycles. The molecule has 3 nitrogen and oxygen atoms in total. The van der Waals surface area contributed by atoms with E-state index in [4.69, 9.17) is 9.47 Å². The Morgan fingerprint density at radius 2 is 2.31 bits per heavy atom. The van der Waals surface area contributed by atoms with Gasteiger partial charge in [-0.05, 0) is 31.6 Å². The normalized spacial score (nSPS) is 35.2. The number of carbonyl (C=O) groups excluding carboxylic acids is 1. The maximum absolute atomic E-state index is 11.6. The summed E-state index contributed by atoms with van der Waals surface area (Å²) in [6.45, 7) is 5.07. The monoisotopic (exact) mass is 224 g/mol. The first kappa shape index (κ1) is 11.8. The van der Waals surface area contributed by atoms with E-state index in [2.05, 4.69) is 6.58 Å². The summed E-state index contributed by atoms with van der Waals surface area (Å²) in [5.74, 6) is 0.639. The highest BCUT2D eigenvalue weighted by molar-refractivity contribution is 5.83. The third-order valence-corrected chi connectivity index (χ3v) is 3.56. The van der Waals surface area contributed by atoms with Gasteiger partial charge in [-0.3, -0.25) is 4.79 Å². The lowest BCUT2D eigenvalue weighted by molar-refractivity contribution is -0.171. The number of hydrogen-bond acceptors (Lipinski definition) is 3. The lowest BCUT2D eigenvalue weighted by atomic mass is 9.97. The highest BCUT2D eigenvalue weighted by atomic mass is 16.7. The summed E-state index contributed by atoms with van der Waals surface area (Å²) in [5.41, 5.74) is 0. The predicted molar refractivity (Wildman–Crippen MR) is 61.0 cm³/mol. The Labute approximate surface area is 96.8 Å². The summed E-state index contributed by atoms with van der Waals surface area (Å²) in [5, 5.41) is 0. The topological polar surface area (TPSA) is 35.5 Å². The molecule has 0 N–H and O–H groups in total. The van der Waals surface area contributed by atoms with Crippen molar-refractivity contribution in [1.29, 1.82) is 0 Å². The molecule has 1 aliphatic carbocycles. The van der Waals surface area contributed by atoms with Crippen LogP contribution in [0.5, 0.6) is 0 Å². The van der Waals surface area contributed by atoms with Crippen LogP contribution in [0.4, 0.5) is 0 Å². The van der Waals surface area contributed by atoms with Crippen LogP contribution in [-0.4, -0.2) is 25.3 Å². The van der Waals surface area contributed by atoms with Crippen molar-refractivity contribution in [2.75, 3.05) is 13.2 Å². The molecule has 3 heteroatoms. The zero-order valence-corrected chi connectivity index (χ0v) is 9.69. The van der Waals surface area contributed by atoms with Crippen LogP contribution in [0.15, 0.2) is 12.7 Å². The van der Waals surface area contributed by atoms with E-state index in [1.165, 1.54) is 0 Å². The van der Waals surface area contributed by atoms with Gasteiger partial charge in [-0.25, -0.2) is 0 Å². The van der Waals surface area contributed by atoms with E-state index in [1.54, 1.807) is 0 Å². The van der Waals surface area contributed by atoms with Gasteiger partial charge in [-0.2, -0.15) is 0 Å². The molecular weight excluding hydrogens is 204 g/mol. The van der Waals surface area contributed by atoms with Crippen LogP contribution >= 0.6 is 0 Å². The molecule has 0 aromatic heterocycles. The van der Waals surface area contributed by atoms with Gasteiger partial charge in [0.05, 0.1) is 6.61 Å². The summed E-state index contributed by atoms with van der Waals surface area (Å²) in [6.07, 6.45) is 6.65. The Kier molecular flexibility index (Phi) is 4.13. The molecule has 1 saturated heterocycles. The van der Waals surface area contributed by atoms with Crippen LogP contribution in [0.25, 0.3) is 0 Å². The number of hydrogen-bond donors (Lipinski definition) is 0. The molecule has 2 fully saturated rings. The third-order valence-electron chi connectivity index (χ3n) is 3.56. The van der Waals surface area contributed by atoms with Crippen LogP contribution in [0.2, 0.25) is 0 Å². The Hall–Kier alpha value is -0.670. The third kappa shape index (κ3) is 2.71. The van der Waals surface area contributed by atoms with Gasteiger partial charge in [0.2, 0.25) is 0 Å². The Morgan fingerprint density at radius 1 is 1.44 bits per heavy atom. The molecule has 0 radical (unpaired) electrons. The minimum atomic E-state index is -0.0902. The van der Waals surface area contributed by atoms with Crippen LogP contribution < -0.4 is 0 Å². The van der Waals surface area contributed by atoms with E-state index in [0.717, 1.165) is 32.3 Å². The van der Waals surface area contributed by atoms with Gasteiger partial charge in [0, 0.05) is 18.9 Å². The number of carbonyl (C=O) groups is 1. The number of ether oxygens (including phenoxy) is 2. The average molecular weight is 224 g/mol. The van der Waals surface area contributed by atoms with Crippen LogP contribution in [-0.2, 0) is 14.3 Å². The molecule has 0 spiro atoms. The molecule has 2 aliphatic rings. The summed E-state index contributed by atoms with van der Waals surface area (Å²) in [4.78, 5) is 11.6. The molecule has 2 rings (SSSR count). The Bertz CT molecular complexity index is 256. The lowest BCUT2D eigenvalue weighted by Crippen LogP contribution is -2.28. The van der Waals surface area contributed by atoms with Crippen molar-refractivity contribution in [3.63, 3.8) is 0 Å². The van der Waals surface area contributed by atoms with Gasteiger partial charge in [0.1, 0.15) is 5.78 Å². The van der Waals surface area contributed by atoms with Gasteiger partial charge in [-0.15, -0.1) is 6.58 Å². The summed E-state index contributed by atoms with van der Waals surface area (Å²) in [6, 6.07) is 0. The molecule has 0 bridgehead atoms. The first-order valence-corrected chi connectivity index (χ1v) is 6.19. The smallest absolute Gasteiger partial charge is 0.157 e. The number of allylic oxidation sites excluding steroid dienone is 1. The zero-order valence-electron chi connectivity index (χ0n) is 9.69. The fraction of sp³-hybridized carbons (Fsp3) is 0.769. The van der Waals surface area contributed by atoms with Crippen molar-refractivity contribution in [3.8, 4) is 0 Å². The molecule has 1 heterocycles. The average Bonchev–Trinajstić information content (AvgIpc) is 2.69. The van der Waals surface area contributed by atoms with Gasteiger partial charge in [0.15, 0.2) is 6.29 Å². The first-order chi connectivity index (χ1) is 7.81. The molecule has 3 atom stereocenters. The molecular formula is C13H20O3. The molecule has 1 saturated carbocycles. The van der Waals surface area contributed by atoms with E-state index in [0.29, 0.717) is 24.7 Å². The van der Waals surface area contributed by atoms with E-state index in [-0.39, 0.29) is 12.2 Å². The van der Waals surface area contributed by atoms with Crippen molar-refractivity contribution in [2.45, 2.75) is 38.4 Å². The van der Waals surface area contributed by atoms with E-state index in [1.807, 2.05) is 6.08 Å². The minimum absolute atomic E-state index is 0.0167. The van der Waals surface area contributed by atoms with Crippen LogP contribution in [0, 0.1) is 11.8 Å². The van der Waals surface area contributed by atoms with E-state index < -0.39 is 0 Å². The van der Waals surface area contributed by atoms with Gasteiger partial charge < -0.3 is 9.47 Å². The van der Waals surface area contributed by atoms with Crippen LogP contribution in [0.1, 0.15) is 32.1 Å². The maximum Gasteiger partial charge on any atom is 0.157 e. The zero-order chi connectivity index (χ0) is 11.4. The summed E-state index contributed by atoms with van der Waals surface area (Å²) >= 11 is 0. The summed E-state index contributed by atoms with van der Waals surface area (Å²) in [7, 11) is 0.